The Hall–Kier alpha value is -2.28. The van der Waals surface area contributed by atoms with Gasteiger partial charge in [-0.1, -0.05) is 30.3 Å². The number of nitrogens with zero attached hydrogens (tertiary/aromatic N) is 1. The molecule has 0 saturated carbocycles. The minimum absolute atomic E-state index is 0.393. The summed E-state index contributed by atoms with van der Waals surface area (Å²) in [5, 5.41) is 9.10. The first kappa shape index (κ1) is 21.8. The maximum Gasteiger partial charge on any atom is 0.407 e. The van der Waals surface area contributed by atoms with Crippen molar-refractivity contribution in [2.75, 3.05) is 33.3 Å². The zero-order valence-electron chi connectivity index (χ0n) is 16.3. The monoisotopic (exact) mass is 364 g/mol. The first-order valence-electron chi connectivity index (χ1n) is 8.94. The van der Waals surface area contributed by atoms with Crippen LogP contribution in [0.4, 0.5) is 4.79 Å². The molecule has 3 N–H and O–H groups in total. The van der Waals surface area contributed by atoms with Crippen LogP contribution in [0.25, 0.3) is 0 Å². The highest BCUT2D eigenvalue weighted by molar-refractivity contribution is 5.79. The fourth-order valence-electron chi connectivity index (χ4n) is 2.03. The van der Waals surface area contributed by atoms with E-state index >= 15 is 0 Å². The first-order chi connectivity index (χ1) is 12.4. The minimum atomic E-state index is -0.475. The van der Waals surface area contributed by atoms with Gasteiger partial charge in [0, 0.05) is 26.7 Å². The average Bonchev–Trinajstić information content (AvgIpc) is 2.58. The van der Waals surface area contributed by atoms with Crippen LogP contribution in [-0.2, 0) is 16.1 Å². The lowest BCUT2D eigenvalue weighted by Gasteiger charge is -2.19. The largest absolute Gasteiger partial charge is 0.444 e. The summed E-state index contributed by atoms with van der Waals surface area (Å²) in [5.74, 6) is 0.713. The SMILES string of the molecule is CN=C(NCCCNC(=O)OC(C)(C)C)NCCOCc1ccccc1. The van der Waals surface area contributed by atoms with E-state index in [-0.39, 0.29) is 0 Å². The molecule has 0 atom stereocenters. The van der Waals surface area contributed by atoms with Gasteiger partial charge in [-0.25, -0.2) is 4.79 Å². The Morgan fingerprint density at radius 2 is 1.69 bits per heavy atom. The van der Waals surface area contributed by atoms with Crippen LogP contribution in [0, 0.1) is 0 Å². The molecule has 0 spiro atoms. The highest BCUT2D eigenvalue weighted by Crippen LogP contribution is 2.06. The molecule has 7 nitrogen and oxygen atoms in total. The third-order valence-electron chi connectivity index (χ3n) is 3.19. The minimum Gasteiger partial charge on any atom is -0.444 e. The van der Waals surface area contributed by atoms with Gasteiger partial charge in [0.15, 0.2) is 5.96 Å². The molecule has 0 aliphatic rings. The van der Waals surface area contributed by atoms with Crippen molar-refractivity contribution in [2.24, 2.45) is 4.99 Å². The molecule has 146 valence electrons. The lowest BCUT2D eigenvalue weighted by Crippen LogP contribution is -2.40. The van der Waals surface area contributed by atoms with E-state index in [0.29, 0.717) is 38.8 Å². The summed E-state index contributed by atoms with van der Waals surface area (Å²) in [4.78, 5) is 15.7. The molecular formula is C19H32N4O3. The molecule has 0 heterocycles. The van der Waals surface area contributed by atoms with Gasteiger partial charge in [0.1, 0.15) is 5.60 Å². The second kappa shape index (κ2) is 12.1. The smallest absolute Gasteiger partial charge is 0.407 e. The number of ether oxygens (including phenoxy) is 2. The van der Waals surface area contributed by atoms with Gasteiger partial charge >= 0.3 is 6.09 Å². The predicted molar refractivity (Wildman–Crippen MR) is 104 cm³/mol. The molecule has 1 amide bonds. The van der Waals surface area contributed by atoms with Crippen molar-refractivity contribution >= 4 is 12.1 Å². The van der Waals surface area contributed by atoms with E-state index in [1.54, 1.807) is 7.05 Å². The Bertz CT molecular complexity index is 541. The van der Waals surface area contributed by atoms with Gasteiger partial charge in [-0.3, -0.25) is 4.99 Å². The highest BCUT2D eigenvalue weighted by Gasteiger charge is 2.15. The van der Waals surface area contributed by atoms with E-state index < -0.39 is 11.7 Å². The van der Waals surface area contributed by atoms with E-state index in [1.165, 1.54) is 0 Å². The normalized spacial score (nSPS) is 11.8. The number of hydrogen-bond donors (Lipinski definition) is 3. The van der Waals surface area contributed by atoms with Crippen molar-refractivity contribution in [3.63, 3.8) is 0 Å². The lowest BCUT2D eigenvalue weighted by atomic mass is 10.2. The standard InChI is InChI=1S/C19H32N4O3/c1-19(2,3)26-18(24)23-12-8-11-21-17(20-4)22-13-14-25-15-16-9-6-5-7-10-16/h5-7,9-10H,8,11-15H2,1-4H3,(H,23,24)(H2,20,21,22). The van der Waals surface area contributed by atoms with Gasteiger partial charge in [0.25, 0.3) is 0 Å². The number of benzene rings is 1. The molecule has 0 unspecified atom stereocenters. The van der Waals surface area contributed by atoms with E-state index in [4.69, 9.17) is 9.47 Å². The molecular weight excluding hydrogens is 332 g/mol. The summed E-state index contributed by atoms with van der Waals surface area (Å²) in [7, 11) is 1.72. The lowest BCUT2D eigenvalue weighted by molar-refractivity contribution is 0.0527. The van der Waals surface area contributed by atoms with Crippen molar-refractivity contribution in [3.8, 4) is 0 Å². The maximum absolute atomic E-state index is 11.5. The van der Waals surface area contributed by atoms with E-state index in [9.17, 15) is 4.79 Å². The zero-order chi connectivity index (χ0) is 19.3. The summed E-state index contributed by atoms with van der Waals surface area (Å²) in [6.07, 6.45) is 0.375. The Morgan fingerprint density at radius 3 is 2.35 bits per heavy atom. The number of carbonyl (C=O) groups excluding carboxylic acids is 1. The van der Waals surface area contributed by atoms with Crippen LogP contribution in [-0.4, -0.2) is 50.9 Å². The Morgan fingerprint density at radius 1 is 1.04 bits per heavy atom. The van der Waals surface area contributed by atoms with Crippen molar-refractivity contribution in [2.45, 2.75) is 39.4 Å². The predicted octanol–water partition coefficient (Wildman–Crippen LogP) is 2.28. The number of carbonyl (C=O) groups is 1. The molecule has 1 aromatic carbocycles. The number of amides is 1. The molecule has 1 aromatic rings. The number of guanidine groups is 1. The molecule has 0 bridgehead atoms. The third kappa shape index (κ3) is 11.3. The summed E-state index contributed by atoms with van der Waals surface area (Å²) in [6, 6.07) is 10.1. The van der Waals surface area contributed by atoms with Gasteiger partial charge in [-0.15, -0.1) is 0 Å². The molecule has 0 aliphatic carbocycles. The van der Waals surface area contributed by atoms with Crippen LogP contribution in [0.5, 0.6) is 0 Å². The Labute approximate surface area is 156 Å². The van der Waals surface area contributed by atoms with Crippen LogP contribution in [0.2, 0.25) is 0 Å². The van der Waals surface area contributed by atoms with Crippen LogP contribution < -0.4 is 16.0 Å². The topological polar surface area (TPSA) is 84.0 Å². The first-order valence-corrected chi connectivity index (χ1v) is 8.94. The Balaban J connectivity index is 2.04. The highest BCUT2D eigenvalue weighted by atomic mass is 16.6. The average molecular weight is 364 g/mol. The fourth-order valence-corrected chi connectivity index (χ4v) is 2.03. The number of aliphatic imine (C=N–C) groups is 1. The quantitative estimate of drug-likeness (QED) is 0.356. The molecule has 0 aromatic heterocycles. The summed E-state index contributed by atoms with van der Waals surface area (Å²) in [6.45, 7) is 8.62. The third-order valence-corrected chi connectivity index (χ3v) is 3.19. The number of hydrogen-bond acceptors (Lipinski definition) is 4. The van der Waals surface area contributed by atoms with Crippen molar-refractivity contribution in [1.29, 1.82) is 0 Å². The van der Waals surface area contributed by atoms with E-state index in [1.807, 2.05) is 51.1 Å². The summed E-state index contributed by atoms with van der Waals surface area (Å²) >= 11 is 0. The van der Waals surface area contributed by atoms with Gasteiger partial charge in [0.05, 0.1) is 13.2 Å². The molecule has 0 fully saturated rings. The zero-order valence-corrected chi connectivity index (χ0v) is 16.3. The Kier molecular flexibility index (Phi) is 10.2. The van der Waals surface area contributed by atoms with E-state index in [0.717, 1.165) is 12.0 Å². The summed E-state index contributed by atoms with van der Waals surface area (Å²) < 4.78 is 10.8. The van der Waals surface area contributed by atoms with Crippen LogP contribution in [0.3, 0.4) is 0 Å². The van der Waals surface area contributed by atoms with Crippen molar-refractivity contribution < 1.29 is 14.3 Å². The molecule has 7 heteroatoms. The van der Waals surface area contributed by atoms with Crippen LogP contribution in [0.15, 0.2) is 35.3 Å². The van der Waals surface area contributed by atoms with Crippen molar-refractivity contribution in [3.05, 3.63) is 35.9 Å². The summed E-state index contributed by atoms with van der Waals surface area (Å²) in [5.41, 5.74) is 0.684. The second-order valence-corrected chi connectivity index (χ2v) is 6.75. The molecule has 26 heavy (non-hydrogen) atoms. The second-order valence-electron chi connectivity index (χ2n) is 6.75. The molecule has 0 aliphatic heterocycles. The van der Waals surface area contributed by atoms with E-state index in [2.05, 4.69) is 20.9 Å². The van der Waals surface area contributed by atoms with Gasteiger partial charge < -0.3 is 25.4 Å². The fraction of sp³-hybridized carbons (Fsp3) is 0.579. The van der Waals surface area contributed by atoms with Gasteiger partial charge in [-0.2, -0.15) is 0 Å². The van der Waals surface area contributed by atoms with Crippen LogP contribution in [0.1, 0.15) is 32.8 Å². The molecule has 1 rings (SSSR count). The molecule has 0 saturated heterocycles. The number of rotatable bonds is 9. The maximum atomic E-state index is 11.5. The van der Waals surface area contributed by atoms with Crippen molar-refractivity contribution in [1.82, 2.24) is 16.0 Å². The van der Waals surface area contributed by atoms with Crippen LogP contribution >= 0.6 is 0 Å². The number of nitrogens with one attached hydrogen (secondary N) is 3. The molecule has 0 radical (unpaired) electrons. The number of alkyl carbamates (subject to hydrolysis) is 1. The van der Waals surface area contributed by atoms with Gasteiger partial charge in [0.2, 0.25) is 0 Å². The van der Waals surface area contributed by atoms with Gasteiger partial charge in [-0.05, 0) is 32.8 Å².